The van der Waals surface area contributed by atoms with Crippen LogP contribution < -0.4 is 5.32 Å². The summed E-state index contributed by atoms with van der Waals surface area (Å²) in [6.07, 6.45) is 4.86. The van der Waals surface area contributed by atoms with Gasteiger partial charge in [0.1, 0.15) is 23.1 Å². The lowest BCUT2D eigenvalue weighted by Crippen LogP contribution is -2.27. The van der Waals surface area contributed by atoms with E-state index in [-0.39, 0.29) is 11.4 Å². The van der Waals surface area contributed by atoms with Gasteiger partial charge in [0.2, 0.25) is 0 Å². The molecule has 124 valence electrons. The highest BCUT2D eigenvalue weighted by Crippen LogP contribution is 2.19. The van der Waals surface area contributed by atoms with Crippen LogP contribution in [0.1, 0.15) is 24.1 Å². The van der Waals surface area contributed by atoms with E-state index in [1.165, 1.54) is 18.2 Å². The summed E-state index contributed by atoms with van der Waals surface area (Å²) in [5.41, 5.74) is 1.97. The molecule has 0 spiro atoms. The lowest BCUT2D eigenvalue weighted by atomic mass is 10.1. The number of nitriles is 1. The molecule has 0 bridgehead atoms. The van der Waals surface area contributed by atoms with Crippen LogP contribution in [-0.2, 0) is 4.79 Å². The SMILES string of the molecule is C[C@@H](NC(=O)/C(C#N)=C/c1c[nH]c2ncccc12)c1cccc(F)c1. The highest BCUT2D eigenvalue weighted by atomic mass is 19.1. The summed E-state index contributed by atoms with van der Waals surface area (Å²) in [5.74, 6) is -0.890. The molecule has 0 fully saturated rings. The van der Waals surface area contributed by atoms with Gasteiger partial charge in [0.25, 0.3) is 5.91 Å². The van der Waals surface area contributed by atoms with E-state index in [1.807, 2.05) is 12.1 Å². The number of H-pyrrole nitrogens is 1. The highest BCUT2D eigenvalue weighted by molar-refractivity contribution is 6.03. The molecule has 5 nitrogen and oxygen atoms in total. The molecule has 3 rings (SSSR count). The average Bonchev–Trinajstić information content (AvgIpc) is 3.02. The minimum absolute atomic E-state index is 0.0343. The number of amides is 1. The number of hydrogen-bond donors (Lipinski definition) is 2. The molecule has 0 radical (unpaired) electrons. The Balaban J connectivity index is 1.83. The molecule has 3 aromatic rings. The average molecular weight is 334 g/mol. The van der Waals surface area contributed by atoms with Crippen molar-refractivity contribution >= 4 is 23.0 Å². The highest BCUT2D eigenvalue weighted by Gasteiger charge is 2.15. The zero-order valence-corrected chi connectivity index (χ0v) is 13.5. The van der Waals surface area contributed by atoms with Gasteiger partial charge >= 0.3 is 0 Å². The number of nitrogens with zero attached hydrogens (tertiary/aromatic N) is 2. The molecule has 2 heterocycles. The van der Waals surface area contributed by atoms with Crippen LogP contribution in [-0.4, -0.2) is 15.9 Å². The largest absolute Gasteiger partial charge is 0.346 e. The van der Waals surface area contributed by atoms with Gasteiger partial charge in [0.05, 0.1) is 6.04 Å². The number of hydrogen-bond acceptors (Lipinski definition) is 3. The molecule has 0 saturated heterocycles. The number of carbonyl (C=O) groups is 1. The molecule has 1 amide bonds. The van der Waals surface area contributed by atoms with E-state index in [2.05, 4.69) is 15.3 Å². The van der Waals surface area contributed by atoms with E-state index in [1.54, 1.807) is 37.5 Å². The summed E-state index contributed by atoms with van der Waals surface area (Å²) in [5, 5.41) is 12.9. The van der Waals surface area contributed by atoms with E-state index in [0.717, 1.165) is 5.39 Å². The monoisotopic (exact) mass is 334 g/mol. The first-order valence-corrected chi connectivity index (χ1v) is 7.68. The maximum atomic E-state index is 13.3. The van der Waals surface area contributed by atoms with Crippen LogP contribution in [0.25, 0.3) is 17.1 Å². The Hall–Kier alpha value is -3.46. The van der Waals surface area contributed by atoms with Crippen molar-refractivity contribution in [3.05, 3.63) is 71.3 Å². The summed E-state index contributed by atoms with van der Waals surface area (Å²) in [6, 6.07) is 11.1. The summed E-state index contributed by atoms with van der Waals surface area (Å²) >= 11 is 0. The molecule has 2 N–H and O–H groups in total. The van der Waals surface area contributed by atoms with Crippen LogP contribution >= 0.6 is 0 Å². The lowest BCUT2D eigenvalue weighted by molar-refractivity contribution is -0.117. The van der Waals surface area contributed by atoms with E-state index in [0.29, 0.717) is 16.8 Å². The molecular formula is C19H15FN4O. The zero-order valence-electron chi connectivity index (χ0n) is 13.5. The molecule has 1 aromatic carbocycles. The van der Waals surface area contributed by atoms with Gasteiger partial charge in [-0.2, -0.15) is 5.26 Å². The van der Waals surface area contributed by atoms with Gasteiger partial charge in [-0.15, -0.1) is 0 Å². The molecule has 0 unspecified atom stereocenters. The second kappa shape index (κ2) is 6.97. The number of fused-ring (bicyclic) bond motifs is 1. The lowest BCUT2D eigenvalue weighted by Gasteiger charge is -2.14. The topological polar surface area (TPSA) is 81.6 Å². The number of benzene rings is 1. The Bertz CT molecular complexity index is 1000. The Morgan fingerprint density at radius 3 is 3.00 bits per heavy atom. The minimum atomic E-state index is -0.516. The van der Waals surface area contributed by atoms with Gasteiger partial charge in [0, 0.05) is 23.3 Å². The third-order valence-corrected chi connectivity index (χ3v) is 3.84. The standard InChI is InChI=1S/C19H15FN4O/c1-12(13-4-2-5-16(20)9-13)24-19(25)14(10-21)8-15-11-23-18-17(15)6-3-7-22-18/h2-9,11-12H,1H3,(H,22,23)(H,24,25)/b14-8+/t12-/m1/s1. The fraction of sp³-hybridized carbons (Fsp3) is 0.105. The maximum Gasteiger partial charge on any atom is 0.262 e. The first-order valence-electron chi connectivity index (χ1n) is 7.68. The molecule has 0 saturated carbocycles. The fourth-order valence-electron chi connectivity index (χ4n) is 2.53. The number of rotatable bonds is 4. The van der Waals surface area contributed by atoms with E-state index >= 15 is 0 Å². The quantitative estimate of drug-likeness (QED) is 0.566. The summed E-state index contributed by atoms with van der Waals surface area (Å²) in [7, 11) is 0. The molecule has 0 aliphatic heterocycles. The fourth-order valence-corrected chi connectivity index (χ4v) is 2.53. The predicted molar refractivity (Wildman–Crippen MR) is 92.6 cm³/mol. The van der Waals surface area contributed by atoms with Crippen molar-refractivity contribution in [1.82, 2.24) is 15.3 Å². The molecule has 0 aliphatic rings. The summed E-state index contributed by atoms with van der Waals surface area (Å²) in [4.78, 5) is 19.5. The summed E-state index contributed by atoms with van der Waals surface area (Å²) < 4.78 is 13.3. The normalized spacial score (nSPS) is 12.6. The van der Waals surface area contributed by atoms with Crippen molar-refractivity contribution in [1.29, 1.82) is 5.26 Å². The second-order valence-electron chi connectivity index (χ2n) is 5.56. The Morgan fingerprint density at radius 1 is 1.40 bits per heavy atom. The van der Waals surface area contributed by atoms with Crippen LogP contribution in [0.2, 0.25) is 0 Å². The van der Waals surface area contributed by atoms with E-state index in [4.69, 9.17) is 0 Å². The van der Waals surface area contributed by atoms with Gasteiger partial charge in [-0.25, -0.2) is 9.37 Å². The van der Waals surface area contributed by atoms with Crippen LogP contribution in [0.15, 0.2) is 54.4 Å². The number of nitrogens with one attached hydrogen (secondary N) is 2. The Morgan fingerprint density at radius 2 is 2.24 bits per heavy atom. The van der Waals surface area contributed by atoms with Gasteiger partial charge in [-0.05, 0) is 42.8 Å². The Kier molecular flexibility index (Phi) is 4.57. The molecule has 2 aromatic heterocycles. The third kappa shape index (κ3) is 3.56. The van der Waals surface area contributed by atoms with Crippen molar-refractivity contribution < 1.29 is 9.18 Å². The van der Waals surface area contributed by atoms with E-state index < -0.39 is 11.9 Å². The van der Waals surface area contributed by atoms with E-state index in [9.17, 15) is 14.4 Å². The van der Waals surface area contributed by atoms with Crippen molar-refractivity contribution in [2.75, 3.05) is 0 Å². The molecule has 25 heavy (non-hydrogen) atoms. The third-order valence-electron chi connectivity index (χ3n) is 3.84. The van der Waals surface area contributed by atoms with Crippen molar-refractivity contribution in [2.45, 2.75) is 13.0 Å². The van der Waals surface area contributed by atoms with Gasteiger partial charge in [-0.3, -0.25) is 4.79 Å². The minimum Gasteiger partial charge on any atom is -0.346 e. The second-order valence-corrected chi connectivity index (χ2v) is 5.56. The summed E-state index contributed by atoms with van der Waals surface area (Å²) in [6.45, 7) is 1.73. The number of halogens is 1. The number of aromatic nitrogens is 2. The van der Waals surface area contributed by atoms with Crippen LogP contribution in [0.4, 0.5) is 4.39 Å². The predicted octanol–water partition coefficient (Wildman–Crippen LogP) is 3.49. The Labute approximate surface area is 143 Å². The molecule has 0 aliphatic carbocycles. The van der Waals surface area contributed by atoms with Crippen LogP contribution in [0, 0.1) is 17.1 Å². The molecule has 6 heteroatoms. The smallest absolute Gasteiger partial charge is 0.262 e. The first-order chi connectivity index (χ1) is 12.1. The van der Waals surface area contributed by atoms with Crippen molar-refractivity contribution in [3.8, 4) is 6.07 Å². The van der Waals surface area contributed by atoms with Crippen molar-refractivity contribution in [2.24, 2.45) is 0 Å². The van der Waals surface area contributed by atoms with Crippen molar-refractivity contribution in [3.63, 3.8) is 0 Å². The van der Waals surface area contributed by atoms with Crippen LogP contribution in [0.3, 0.4) is 0 Å². The van der Waals surface area contributed by atoms with Gasteiger partial charge in [-0.1, -0.05) is 12.1 Å². The zero-order chi connectivity index (χ0) is 17.8. The van der Waals surface area contributed by atoms with Crippen LogP contribution in [0.5, 0.6) is 0 Å². The maximum absolute atomic E-state index is 13.3. The van der Waals surface area contributed by atoms with Gasteiger partial charge in [0.15, 0.2) is 0 Å². The number of aromatic amines is 1. The molecule has 1 atom stereocenters. The number of pyridine rings is 1. The first kappa shape index (κ1) is 16.4. The van der Waals surface area contributed by atoms with Gasteiger partial charge < -0.3 is 10.3 Å². The number of carbonyl (C=O) groups excluding carboxylic acids is 1. The molecular weight excluding hydrogens is 319 g/mol.